The molecule has 2 aromatic heterocycles. The van der Waals surface area contributed by atoms with Crippen LogP contribution < -0.4 is 5.32 Å². The van der Waals surface area contributed by atoms with E-state index in [1.807, 2.05) is 17.0 Å². The summed E-state index contributed by atoms with van der Waals surface area (Å²) in [5.74, 6) is 1.40. The second-order valence-electron chi connectivity index (χ2n) is 5.61. The zero-order valence-corrected chi connectivity index (χ0v) is 17.5. The molecule has 0 spiro atoms. The Morgan fingerprint density at radius 2 is 2.04 bits per heavy atom. The summed E-state index contributed by atoms with van der Waals surface area (Å²) in [6.45, 7) is 2.47. The van der Waals surface area contributed by atoms with Gasteiger partial charge in [0.25, 0.3) is 0 Å². The Morgan fingerprint density at radius 1 is 1.27 bits per heavy atom. The minimum absolute atomic E-state index is 0. The van der Waals surface area contributed by atoms with Crippen molar-refractivity contribution < 1.29 is 17.4 Å². The van der Waals surface area contributed by atoms with Crippen LogP contribution in [0.4, 0.5) is 0 Å². The predicted octanol–water partition coefficient (Wildman–Crippen LogP) is 1.11. The molecule has 1 aliphatic heterocycles. The van der Waals surface area contributed by atoms with Crippen molar-refractivity contribution in [2.75, 3.05) is 33.2 Å². The SMILES string of the molecule is CN=C(NCc1ccco1)N1CCN(S(=O)(=O)Cc2ccon2)CC1.I. The fraction of sp³-hybridized carbons (Fsp3) is 0.467. The summed E-state index contributed by atoms with van der Waals surface area (Å²) in [4.78, 5) is 6.29. The van der Waals surface area contributed by atoms with Crippen molar-refractivity contribution in [3.05, 3.63) is 42.2 Å². The van der Waals surface area contributed by atoms with Crippen molar-refractivity contribution in [2.45, 2.75) is 12.3 Å². The highest BCUT2D eigenvalue weighted by Gasteiger charge is 2.28. The Kier molecular flexibility index (Phi) is 7.46. The number of rotatable bonds is 5. The first-order chi connectivity index (χ1) is 12.1. The first-order valence-corrected chi connectivity index (χ1v) is 9.54. The maximum absolute atomic E-state index is 12.4. The Balaban J connectivity index is 0.00000243. The third kappa shape index (κ3) is 5.20. The number of sulfonamides is 1. The summed E-state index contributed by atoms with van der Waals surface area (Å²) in [5, 5.41) is 6.90. The van der Waals surface area contributed by atoms with Gasteiger partial charge in [-0.05, 0) is 12.1 Å². The molecule has 26 heavy (non-hydrogen) atoms. The van der Waals surface area contributed by atoms with E-state index in [0.29, 0.717) is 38.4 Å². The van der Waals surface area contributed by atoms with E-state index in [1.165, 1.54) is 10.6 Å². The molecule has 11 heteroatoms. The minimum atomic E-state index is -3.40. The maximum atomic E-state index is 12.4. The minimum Gasteiger partial charge on any atom is -0.467 e. The third-order valence-corrected chi connectivity index (χ3v) is 5.78. The van der Waals surface area contributed by atoms with Gasteiger partial charge in [-0.3, -0.25) is 4.99 Å². The van der Waals surface area contributed by atoms with E-state index in [0.717, 1.165) is 11.7 Å². The van der Waals surface area contributed by atoms with Gasteiger partial charge in [-0.2, -0.15) is 4.31 Å². The quantitative estimate of drug-likeness (QED) is 0.377. The van der Waals surface area contributed by atoms with Crippen molar-refractivity contribution in [3.63, 3.8) is 0 Å². The highest BCUT2D eigenvalue weighted by atomic mass is 127. The molecule has 0 saturated carbocycles. The molecule has 0 atom stereocenters. The zero-order valence-electron chi connectivity index (χ0n) is 14.4. The Bertz CT molecular complexity index is 784. The largest absolute Gasteiger partial charge is 0.467 e. The Labute approximate surface area is 169 Å². The number of nitrogens with one attached hydrogen (secondary N) is 1. The molecular weight excluding hydrogens is 473 g/mol. The second kappa shape index (κ2) is 9.37. The van der Waals surface area contributed by atoms with Gasteiger partial charge < -0.3 is 19.2 Å². The summed E-state index contributed by atoms with van der Waals surface area (Å²) < 4.78 is 36.4. The lowest BCUT2D eigenvalue weighted by molar-refractivity contribution is 0.259. The molecule has 144 valence electrons. The van der Waals surface area contributed by atoms with Gasteiger partial charge in [-0.1, -0.05) is 5.16 Å². The topological polar surface area (TPSA) is 104 Å². The van der Waals surface area contributed by atoms with Crippen LogP contribution in [0.2, 0.25) is 0 Å². The smallest absolute Gasteiger partial charge is 0.220 e. The van der Waals surface area contributed by atoms with Gasteiger partial charge in [0.1, 0.15) is 17.8 Å². The second-order valence-corrected chi connectivity index (χ2v) is 7.58. The van der Waals surface area contributed by atoms with Crippen LogP contribution >= 0.6 is 24.0 Å². The van der Waals surface area contributed by atoms with Gasteiger partial charge >= 0.3 is 0 Å². The summed E-state index contributed by atoms with van der Waals surface area (Å²) in [5.41, 5.74) is 0.415. The maximum Gasteiger partial charge on any atom is 0.220 e. The van der Waals surface area contributed by atoms with E-state index in [2.05, 4.69) is 15.5 Å². The fourth-order valence-electron chi connectivity index (χ4n) is 2.68. The average Bonchev–Trinajstić information content (AvgIpc) is 3.29. The molecule has 1 aliphatic rings. The number of aromatic nitrogens is 1. The van der Waals surface area contributed by atoms with E-state index in [-0.39, 0.29) is 29.7 Å². The molecule has 3 heterocycles. The molecule has 0 radical (unpaired) electrons. The van der Waals surface area contributed by atoms with Crippen molar-refractivity contribution in [1.82, 2.24) is 19.7 Å². The summed E-state index contributed by atoms with van der Waals surface area (Å²) in [6.07, 6.45) is 3.00. The molecule has 2 aromatic rings. The summed E-state index contributed by atoms with van der Waals surface area (Å²) >= 11 is 0. The number of halogens is 1. The molecule has 0 bridgehead atoms. The first kappa shape index (κ1) is 20.7. The van der Waals surface area contributed by atoms with E-state index in [9.17, 15) is 8.42 Å². The van der Waals surface area contributed by atoms with Crippen molar-refractivity contribution in [1.29, 1.82) is 0 Å². The molecule has 0 aromatic carbocycles. The number of nitrogens with zero attached hydrogens (tertiary/aromatic N) is 4. The van der Waals surface area contributed by atoms with Gasteiger partial charge in [0, 0.05) is 39.3 Å². The van der Waals surface area contributed by atoms with E-state index >= 15 is 0 Å². The predicted molar refractivity (Wildman–Crippen MR) is 107 cm³/mol. The van der Waals surface area contributed by atoms with Crippen LogP contribution in [0.15, 0.2) is 44.7 Å². The Morgan fingerprint density at radius 3 is 2.62 bits per heavy atom. The van der Waals surface area contributed by atoms with E-state index < -0.39 is 10.0 Å². The van der Waals surface area contributed by atoms with Crippen molar-refractivity contribution in [2.24, 2.45) is 4.99 Å². The molecule has 3 rings (SSSR count). The lowest BCUT2D eigenvalue weighted by Crippen LogP contribution is -2.53. The average molecular weight is 495 g/mol. The molecule has 0 amide bonds. The van der Waals surface area contributed by atoms with Crippen LogP contribution in [-0.4, -0.2) is 62.0 Å². The Hall–Kier alpha value is -1.60. The third-order valence-electron chi connectivity index (χ3n) is 3.97. The fourth-order valence-corrected chi connectivity index (χ4v) is 4.10. The number of hydrogen-bond donors (Lipinski definition) is 1. The molecule has 0 aliphatic carbocycles. The van der Waals surface area contributed by atoms with E-state index in [1.54, 1.807) is 19.4 Å². The molecule has 0 unspecified atom stereocenters. The molecule has 9 nitrogen and oxygen atoms in total. The molecule has 1 saturated heterocycles. The van der Waals surface area contributed by atoms with Gasteiger partial charge in [-0.15, -0.1) is 24.0 Å². The summed E-state index contributed by atoms with van der Waals surface area (Å²) in [6, 6.07) is 5.28. The lowest BCUT2D eigenvalue weighted by atomic mass is 10.4. The normalized spacial score (nSPS) is 16.3. The molecule has 1 fully saturated rings. The standard InChI is InChI=1S/C15H21N5O4S.HI/c1-16-15(17-11-14-3-2-9-23-14)19-5-7-20(8-6-19)25(21,22)12-13-4-10-24-18-13;/h2-4,9-10H,5-8,11-12H2,1H3,(H,16,17);1H. The molecular formula is C15H22IN5O4S. The van der Waals surface area contributed by atoms with Crippen LogP contribution in [0.3, 0.4) is 0 Å². The molecule has 1 N–H and O–H groups in total. The van der Waals surface area contributed by atoms with Gasteiger partial charge in [0.05, 0.1) is 18.5 Å². The monoisotopic (exact) mass is 495 g/mol. The first-order valence-electron chi connectivity index (χ1n) is 7.93. The number of guanidine groups is 1. The number of aliphatic imine (C=N–C) groups is 1. The number of piperazine rings is 1. The van der Waals surface area contributed by atoms with Crippen molar-refractivity contribution in [3.8, 4) is 0 Å². The summed E-state index contributed by atoms with van der Waals surface area (Å²) in [7, 11) is -1.69. The van der Waals surface area contributed by atoms with Crippen LogP contribution in [0.5, 0.6) is 0 Å². The number of hydrogen-bond acceptors (Lipinski definition) is 6. The van der Waals surface area contributed by atoms with Crippen LogP contribution in [0, 0.1) is 0 Å². The number of furan rings is 1. The zero-order chi connectivity index (χ0) is 17.7. The highest BCUT2D eigenvalue weighted by molar-refractivity contribution is 14.0. The van der Waals surface area contributed by atoms with E-state index in [4.69, 9.17) is 8.94 Å². The van der Waals surface area contributed by atoms with Crippen LogP contribution in [-0.2, 0) is 22.3 Å². The van der Waals surface area contributed by atoms with Crippen molar-refractivity contribution >= 4 is 40.0 Å². The van der Waals surface area contributed by atoms with Gasteiger partial charge in [0.15, 0.2) is 5.96 Å². The van der Waals surface area contributed by atoms with Gasteiger partial charge in [0.2, 0.25) is 10.0 Å². The van der Waals surface area contributed by atoms with Gasteiger partial charge in [-0.25, -0.2) is 8.42 Å². The van der Waals surface area contributed by atoms with Crippen LogP contribution in [0.25, 0.3) is 0 Å². The highest BCUT2D eigenvalue weighted by Crippen LogP contribution is 2.13. The lowest BCUT2D eigenvalue weighted by Gasteiger charge is -2.35. The van der Waals surface area contributed by atoms with Crippen LogP contribution in [0.1, 0.15) is 11.5 Å².